The molecule has 4 rings (SSSR count). The van der Waals surface area contributed by atoms with E-state index in [4.69, 9.17) is 5.14 Å². The normalized spacial score (nSPS) is 16.7. The lowest BCUT2D eigenvalue weighted by molar-refractivity contribution is 0.463. The Morgan fingerprint density at radius 1 is 1.15 bits per heavy atom. The number of phenols is 1. The summed E-state index contributed by atoms with van der Waals surface area (Å²) in [5.74, 6) is 0.407. The third-order valence-corrected chi connectivity index (χ3v) is 5.68. The van der Waals surface area contributed by atoms with Gasteiger partial charge in [0.2, 0.25) is 10.0 Å². The van der Waals surface area contributed by atoms with E-state index in [-0.39, 0.29) is 16.5 Å². The summed E-state index contributed by atoms with van der Waals surface area (Å²) in [7, 11) is -3.79. The Balaban J connectivity index is 1.68. The van der Waals surface area contributed by atoms with Crippen molar-refractivity contribution >= 4 is 27.2 Å². The summed E-state index contributed by atoms with van der Waals surface area (Å²) >= 11 is 0. The fraction of sp³-hybridized carbons (Fsp3) is 0.353. The fourth-order valence-corrected chi connectivity index (χ4v) is 4.06. The van der Waals surface area contributed by atoms with Gasteiger partial charge >= 0.3 is 0 Å². The highest BCUT2D eigenvalue weighted by Crippen LogP contribution is 2.45. The average molecular weight is 373 g/mol. The first-order valence-corrected chi connectivity index (χ1v) is 10.0. The van der Waals surface area contributed by atoms with Crippen LogP contribution in [-0.2, 0) is 22.9 Å². The minimum Gasteiger partial charge on any atom is -0.505 e. The highest BCUT2D eigenvalue weighted by atomic mass is 32.2. The van der Waals surface area contributed by atoms with Crippen molar-refractivity contribution in [2.24, 2.45) is 15.4 Å². The number of anilines is 1. The van der Waals surface area contributed by atoms with Crippen LogP contribution in [0.3, 0.4) is 0 Å². The third kappa shape index (κ3) is 3.04. The molecule has 0 fully saturated rings. The number of hydrogen-bond acceptors (Lipinski definition) is 7. The second-order valence-electron chi connectivity index (χ2n) is 6.52. The van der Waals surface area contributed by atoms with Crippen LogP contribution in [-0.4, -0.2) is 31.6 Å². The van der Waals surface area contributed by atoms with Crippen LogP contribution in [0.4, 0.5) is 17.2 Å². The maximum absolute atomic E-state index is 11.3. The Morgan fingerprint density at radius 3 is 2.62 bits per heavy atom. The van der Waals surface area contributed by atoms with Gasteiger partial charge in [0.1, 0.15) is 16.3 Å². The molecule has 0 aliphatic carbocycles. The molecule has 2 aliphatic rings. The Hall–Kier alpha value is -2.52. The van der Waals surface area contributed by atoms with E-state index in [1.165, 1.54) is 17.7 Å². The van der Waals surface area contributed by atoms with Gasteiger partial charge in [-0.3, -0.25) is 0 Å². The molecular formula is C17H19N5O3S. The quantitative estimate of drug-likeness (QED) is 0.801. The van der Waals surface area contributed by atoms with Crippen molar-refractivity contribution in [2.75, 3.05) is 18.0 Å². The summed E-state index contributed by atoms with van der Waals surface area (Å²) in [5, 5.41) is 23.8. The van der Waals surface area contributed by atoms with Crippen LogP contribution in [0, 0.1) is 0 Å². The molecule has 0 unspecified atom stereocenters. The molecule has 0 saturated carbocycles. The zero-order chi connectivity index (χ0) is 18.3. The second kappa shape index (κ2) is 6.33. The first kappa shape index (κ1) is 16.9. The standard InChI is InChI=1S/C17H19N5O3S/c18-26(24,25)12-5-6-15(19-10-12)21-20-14-9-11-3-1-7-22-8-2-4-13(16(11)22)17(14)23/h5-6,9-10,23H,1-4,7-8H2,(H2,18,24,25). The fourth-order valence-electron chi connectivity index (χ4n) is 3.61. The molecule has 136 valence electrons. The molecule has 3 heterocycles. The molecule has 3 N–H and O–H groups in total. The van der Waals surface area contributed by atoms with E-state index in [0.717, 1.165) is 56.2 Å². The van der Waals surface area contributed by atoms with Crippen LogP contribution < -0.4 is 10.0 Å². The van der Waals surface area contributed by atoms with Gasteiger partial charge in [-0.25, -0.2) is 18.5 Å². The van der Waals surface area contributed by atoms with Crippen LogP contribution in [0.15, 0.2) is 39.5 Å². The summed E-state index contributed by atoms with van der Waals surface area (Å²) < 4.78 is 22.5. The molecule has 0 atom stereocenters. The predicted octanol–water partition coefficient (Wildman–Crippen LogP) is 2.55. The molecule has 0 amide bonds. The molecule has 0 bridgehead atoms. The number of sulfonamides is 1. The number of benzene rings is 1. The first-order valence-electron chi connectivity index (χ1n) is 8.47. The largest absolute Gasteiger partial charge is 0.505 e. The molecule has 2 aromatic rings. The van der Waals surface area contributed by atoms with Crippen LogP contribution in [0.25, 0.3) is 0 Å². The molecule has 8 nitrogen and oxygen atoms in total. The topological polar surface area (TPSA) is 121 Å². The van der Waals surface area contributed by atoms with E-state index in [1.807, 2.05) is 6.07 Å². The molecular weight excluding hydrogens is 354 g/mol. The third-order valence-electron chi connectivity index (χ3n) is 4.78. The maximum atomic E-state index is 11.3. The number of primary sulfonamides is 1. The van der Waals surface area contributed by atoms with Gasteiger partial charge in [0, 0.05) is 30.5 Å². The van der Waals surface area contributed by atoms with Gasteiger partial charge in [0.25, 0.3) is 0 Å². The van der Waals surface area contributed by atoms with Gasteiger partial charge in [-0.05, 0) is 49.4 Å². The predicted molar refractivity (Wildman–Crippen MR) is 96.7 cm³/mol. The minimum absolute atomic E-state index is 0.0856. The number of azo groups is 1. The van der Waals surface area contributed by atoms with E-state index >= 15 is 0 Å². The molecule has 1 aromatic carbocycles. The summed E-state index contributed by atoms with van der Waals surface area (Å²) in [6.07, 6.45) is 5.03. The van der Waals surface area contributed by atoms with Crippen LogP contribution in [0.1, 0.15) is 24.0 Å². The number of nitrogens with zero attached hydrogens (tertiary/aromatic N) is 4. The van der Waals surface area contributed by atoms with Crippen molar-refractivity contribution in [1.29, 1.82) is 0 Å². The minimum atomic E-state index is -3.79. The highest BCUT2D eigenvalue weighted by molar-refractivity contribution is 7.89. The maximum Gasteiger partial charge on any atom is 0.239 e. The SMILES string of the molecule is NS(=O)(=O)c1ccc(N=Nc2cc3c4c(c2O)CCCN4CCC3)nc1. The molecule has 2 aliphatic heterocycles. The summed E-state index contributed by atoms with van der Waals surface area (Å²) in [6.45, 7) is 2.06. The summed E-state index contributed by atoms with van der Waals surface area (Å²) in [4.78, 5) is 6.19. The number of aromatic hydroxyl groups is 1. The van der Waals surface area contributed by atoms with Gasteiger partial charge < -0.3 is 10.0 Å². The number of nitrogens with two attached hydrogens (primary N) is 1. The number of aromatic nitrogens is 1. The van der Waals surface area contributed by atoms with Gasteiger partial charge in [-0.1, -0.05) is 0 Å². The molecule has 0 radical (unpaired) electrons. The zero-order valence-electron chi connectivity index (χ0n) is 14.1. The Morgan fingerprint density at radius 2 is 1.92 bits per heavy atom. The number of rotatable bonds is 3. The molecule has 1 aromatic heterocycles. The Bertz CT molecular complexity index is 984. The van der Waals surface area contributed by atoms with Crippen LogP contribution >= 0.6 is 0 Å². The molecule has 0 spiro atoms. The van der Waals surface area contributed by atoms with E-state index in [1.54, 1.807) is 0 Å². The van der Waals surface area contributed by atoms with Crippen LogP contribution in [0.2, 0.25) is 0 Å². The first-order chi connectivity index (χ1) is 12.4. The van der Waals surface area contributed by atoms with E-state index in [0.29, 0.717) is 5.69 Å². The number of pyridine rings is 1. The summed E-state index contributed by atoms with van der Waals surface area (Å²) in [5.41, 5.74) is 3.71. The molecule has 26 heavy (non-hydrogen) atoms. The number of phenolic OH excluding ortho intramolecular Hbond substituents is 1. The van der Waals surface area contributed by atoms with Gasteiger partial charge in [-0.2, -0.15) is 0 Å². The highest BCUT2D eigenvalue weighted by Gasteiger charge is 2.27. The lowest BCUT2D eigenvalue weighted by Crippen LogP contribution is -2.34. The average Bonchev–Trinajstić information content (AvgIpc) is 2.63. The smallest absolute Gasteiger partial charge is 0.239 e. The zero-order valence-corrected chi connectivity index (χ0v) is 14.9. The van der Waals surface area contributed by atoms with E-state index in [2.05, 4.69) is 20.1 Å². The van der Waals surface area contributed by atoms with Gasteiger partial charge in [0.05, 0.1) is 0 Å². The molecule has 0 saturated heterocycles. The van der Waals surface area contributed by atoms with Gasteiger partial charge in [-0.15, -0.1) is 10.2 Å². The molecule has 9 heteroatoms. The van der Waals surface area contributed by atoms with Crippen LogP contribution in [0.5, 0.6) is 5.75 Å². The van der Waals surface area contributed by atoms with Crippen molar-refractivity contribution in [3.63, 3.8) is 0 Å². The van der Waals surface area contributed by atoms with Crippen molar-refractivity contribution in [2.45, 2.75) is 30.6 Å². The van der Waals surface area contributed by atoms with E-state index in [9.17, 15) is 13.5 Å². The Labute approximate surface area is 151 Å². The lowest BCUT2D eigenvalue weighted by Gasteiger charge is -2.37. The number of hydrogen-bond donors (Lipinski definition) is 2. The van der Waals surface area contributed by atoms with Crippen molar-refractivity contribution < 1.29 is 13.5 Å². The van der Waals surface area contributed by atoms with Gasteiger partial charge in [0.15, 0.2) is 5.82 Å². The van der Waals surface area contributed by atoms with Crippen molar-refractivity contribution in [3.8, 4) is 5.75 Å². The second-order valence-corrected chi connectivity index (χ2v) is 8.08. The van der Waals surface area contributed by atoms with Crippen molar-refractivity contribution in [1.82, 2.24) is 4.98 Å². The summed E-state index contributed by atoms with van der Waals surface area (Å²) in [6, 6.07) is 4.63. The monoisotopic (exact) mass is 373 g/mol. The van der Waals surface area contributed by atoms with Crippen molar-refractivity contribution in [3.05, 3.63) is 35.5 Å². The lowest BCUT2D eigenvalue weighted by atomic mass is 9.90. The van der Waals surface area contributed by atoms with E-state index < -0.39 is 10.0 Å². The Kier molecular flexibility index (Phi) is 4.12. The number of aryl methyl sites for hydroxylation is 1.